The van der Waals surface area contributed by atoms with Crippen molar-refractivity contribution < 1.29 is 56.8 Å². The maximum Gasteiger partial charge on any atom is 0.514 e. The molecule has 0 spiro atoms. The first-order chi connectivity index (χ1) is 20.2. The highest BCUT2D eigenvalue weighted by molar-refractivity contribution is 7.63. The second-order valence-electron chi connectivity index (χ2n) is 8.89. The van der Waals surface area contributed by atoms with Crippen LogP contribution in [0.2, 0.25) is 0 Å². The minimum Gasteiger partial charge on any atom is -0.423 e. The van der Waals surface area contributed by atoms with Crippen LogP contribution in [0.1, 0.15) is 11.8 Å². The Morgan fingerprint density at radius 2 is 1.74 bits per heavy atom. The molecule has 1 aromatic heterocycles. The number of benzene rings is 2. The first-order valence-corrected chi connectivity index (χ1v) is 15.3. The van der Waals surface area contributed by atoms with Gasteiger partial charge in [0.1, 0.15) is 18.0 Å². The van der Waals surface area contributed by atoms with Gasteiger partial charge >= 0.3 is 27.3 Å². The molecule has 1 saturated heterocycles. The summed E-state index contributed by atoms with van der Waals surface area (Å²) in [5.74, 6) is 0.0825. The Bertz CT molecular complexity index is 1680. The van der Waals surface area contributed by atoms with Gasteiger partial charge in [-0.2, -0.15) is 0 Å². The molecule has 2 heterocycles. The van der Waals surface area contributed by atoms with E-state index in [0.29, 0.717) is 0 Å². The van der Waals surface area contributed by atoms with Gasteiger partial charge in [-0.1, -0.05) is 30.3 Å². The number of carbonyl (C=O) groups excluding carboxylic acids is 1. The van der Waals surface area contributed by atoms with Crippen molar-refractivity contribution in [1.29, 1.82) is 0 Å². The van der Waals surface area contributed by atoms with Crippen LogP contribution in [0.15, 0.2) is 76.4 Å². The van der Waals surface area contributed by atoms with Crippen molar-refractivity contribution in [1.82, 2.24) is 9.55 Å². The molecule has 3 aromatic rings. The quantitative estimate of drug-likeness (QED) is 0.0764. The molecule has 4 N–H and O–H groups in total. The highest BCUT2D eigenvalue weighted by Gasteiger charge is 2.49. The number of ether oxygens (including phenoxy) is 3. The van der Waals surface area contributed by atoms with E-state index >= 15 is 0 Å². The first-order valence-electron chi connectivity index (χ1n) is 12.1. The molecule has 1 fully saturated rings. The van der Waals surface area contributed by atoms with Crippen molar-refractivity contribution in [2.45, 2.75) is 30.7 Å². The number of carbonyl (C=O) groups is 1. The topological polar surface area (TPSA) is 256 Å². The van der Waals surface area contributed by atoms with E-state index in [9.17, 15) is 48.5 Å². The van der Waals surface area contributed by atoms with Gasteiger partial charge in [0.05, 0.1) is 17.7 Å². The van der Waals surface area contributed by atoms with Crippen LogP contribution in [0.3, 0.4) is 0 Å². The average molecular weight is 643 g/mol. The zero-order valence-electron chi connectivity index (χ0n) is 21.6. The minimum atomic E-state index is -5.32. The fraction of sp³-hybridized carbons (Fsp3) is 0.261. The summed E-state index contributed by atoms with van der Waals surface area (Å²) in [6.07, 6.45) is -7.83. The Hall–Kier alpha value is -3.99. The number of H-pyrrole nitrogens is 1. The molecule has 43 heavy (non-hydrogen) atoms. The van der Waals surface area contributed by atoms with Gasteiger partial charge in [0.25, 0.3) is 11.2 Å². The Morgan fingerprint density at radius 3 is 2.37 bits per heavy atom. The maximum atomic E-state index is 12.5. The number of para-hydroxylation sites is 1. The molecular formula is C23H23N3O15P2. The maximum absolute atomic E-state index is 12.5. The van der Waals surface area contributed by atoms with E-state index in [1.165, 1.54) is 12.1 Å². The van der Waals surface area contributed by atoms with E-state index in [0.717, 1.165) is 41.1 Å². The number of aromatic nitrogens is 2. The molecular weight excluding hydrogens is 620 g/mol. The van der Waals surface area contributed by atoms with Gasteiger partial charge in [-0.15, -0.1) is 0 Å². The van der Waals surface area contributed by atoms with E-state index in [2.05, 4.69) is 4.31 Å². The van der Waals surface area contributed by atoms with Crippen molar-refractivity contribution in [3.8, 4) is 5.75 Å². The van der Waals surface area contributed by atoms with Crippen LogP contribution in [0, 0.1) is 10.1 Å². The normalized spacial score (nSPS) is 22.7. The summed E-state index contributed by atoms with van der Waals surface area (Å²) >= 11 is 0. The third-order valence-electron chi connectivity index (χ3n) is 5.78. The number of aliphatic hydroxyl groups is 1. The van der Waals surface area contributed by atoms with Crippen LogP contribution in [-0.4, -0.2) is 60.4 Å². The summed E-state index contributed by atoms with van der Waals surface area (Å²) in [7, 11) is -10.2. The average Bonchev–Trinajstić information content (AvgIpc) is 3.22. The van der Waals surface area contributed by atoms with Gasteiger partial charge in [-0.3, -0.25) is 33.5 Å². The van der Waals surface area contributed by atoms with E-state index in [4.69, 9.17) is 18.7 Å². The second-order valence-corrected chi connectivity index (χ2v) is 12.3. The van der Waals surface area contributed by atoms with Gasteiger partial charge in [-0.25, -0.2) is 18.5 Å². The molecule has 4 rings (SSSR count). The summed E-state index contributed by atoms with van der Waals surface area (Å²) in [6.45, 7) is -0.978. The third kappa shape index (κ3) is 8.53. The van der Waals surface area contributed by atoms with E-state index in [-0.39, 0.29) is 17.0 Å². The number of aliphatic hydroxyl groups excluding tert-OH is 1. The molecule has 0 radical (unpaired) electrons. The number of nitro benzene ring substituents is 1. The molecule has 20 heteroatoms. The standard InChI is InChI=1S/C23H23N3O15P2/c27-18-10-11-25(22(29)24-18)21-20(40-23(30)38-16-4-2-1-3-5-16)19(28)17(39-21)12-37-43(35,36)41-42(33,34)13-14-6-8-15(9-7-14)26(31)32/h1-11,17,19-21,28H,12-13H2,(H,33,34)(H,35,36)(H,24,27,29)/t17-,19+,20?,21-/m1/s1. The monoisotopic (exact) mass is 643 g/mol. The fourth-order valence-electron chi connectivity index (χ4n) is 3.89. The predicted molar refractivity (Wildman–Crippen MR) is 142 cm³/mol. The molecule has 2 aromatic carbocycles. The summed E-state index contributed by atoms with van der Waals surface area (Å²) in [4.78, 5) is 68.5. The largest absolute Gasteiger partial charge is 0.514 e. The van der Waals surface area contributed by atoms with E-state index in [1.54, 1.807) is 18.2 Å². The summed E-state index contributed by atoms with van der Waals surface area (Å²) in [5, 5.41) is 21.6. The highest BCUT2D eigenvalue weighted by Crippen LogP contribution is 2.61. The van der Waals surface area contributed by atoms with Crippen molar-refractivity contribution in [2.75, 3.05) is 6.61 Å². The number of phosphoric ester groups is 1. The lowest BCUT2D eigenvalue weighted by molar-refractivity contribution is -0.384. The molecule has 230 valence electrons. The van der Waals surface area contributed by atoms with Crippen LogP contribution in [-0.2, 0) is 33.6 Å². The number of rotatable bonds is 11. The predicted octanol–water partition coefficient (Wildman–Crippen LogP) is 1.81. The number of nitrogens with zero attached hydrogens (tertiary/aromatic N) is 2. The smallest absolute Gasteiger partial charge is 0.423 e. The number of nitro groups is 1. The number of hydrogen-bond donors (Lipinski definition) is 4. The van der Waals surface area contributed by atoms with Crippen molar-refractivity contribution >= 4 is 27.3 Å². The minimum absolute atomic E-state index is 0.0718. The molecule has 1 aliphatic heterocycles. The molecule has 6 atom stereocenters. The highest BCUT2D eigenvalue weighted by atomic mass is 31.3. The van der Waals surface area contributed by atoms with Crippen molar-refractivity contribution in [3.05, 3.63) is 103 Å². The molecule has 3 unspecified atom stereocenters. The lowest BCUT2D eigenvalue weighted by Crippen LogP contribution is -2.41. The van der Waals surface area contributed by atoms with E-state index in [1.807, 2.05) is 4.98 Å². The zero-order valence-corrected chi connectivity index (χ0v) is 23.4. The van der Waals surface area contributed by atoms with Crippen LogP contribution < -0.4 is 16.0 Å². The first kappa shape index (κ1) is 31.9. The van der Waals surface area contributed by atoms with Crippen LogP contribution in [0.5, 0.6) is 5.75 Å². The molecule has 0 bridgehead atoms. The number of non-ortho nitro benzene ring substituents is 1. The second kappa shape index (κ2) is 13.1. The molecule has 18 nitrogen and oxygen atoms in total. The number of aromatic amines is 1. The molecule has 0 aliphatic carbocycles. The van der Waals surface area contributed by atoms with Crippen LogP contribution in [0.25, 0.3) is 0 Å². The Balaban J connectivity index is 1.45. The summed E-state index contributed by atoms with van der Waals surface area (Å²) in [6, 6.07) is 13.0. The Labute approximate surface area is 240 Å². The van der Waals surface area contributed by atoms with Crippen molar-refractivity contribution in [2.24, 2.45) is 0 Å². The summed E-state index contributed by atoms with van der Waals surface area (Å²) in [5.41, 5.74) is -2.00. The number of phosphoric acid groups is 1. The lowest BCUT2D eigenvalue weighted by atomic mass is 10.1. The van der Waals surface area contributed by atoms with E-state index < -0.39 is 75.1 Å². The Morgan fingerprint density at radius 1 is 1.07 bits per heavy atom. The van der Waals surface area contributed by atoms with Gasteiger partial charge in [0.15, 0.2) is 12.3 Å². The summed E-state index contributed by atoms with van der Waals surface area (Å²) < 4.78 is 50.7. The Kier molecular flexibility index (Phi) is 9.74. The van der Waals surface area contributed by atoms with Crippen LogP contribution in [0.4, 0.5) is 10.5 Å². The van der Waals surface area contributed by atoms with Gasteiger partial charge in [0.2, 0.25) is 0 Å². The van der Waals surface area contributed by atoms with Gasteiger partial charge in [0, 0.05) is 24.4 Å². The van der Waals surface area contributed by atoms with Gasteiger partial charge in [-0.05, 0) is 17.7 Å². The molecule has 0 amide bonds. The molecule has 0 saturated carbocycles. The van der Waals surface area contributed by atoms with Crippen LogP contribution >= 0.6 is 15.4 Å². The lowest BCUT2D eigenvalue weighted by Gasteiger charge is -2.21. The number of nitrogens with one attached hydrogen (secondary N) is 1. The zero-order chi connectivity index (χ0) is 31.4. The van der Waals surface area contributed by atoms with Gasteiger partial charge < -0.3 is 29.1 Å². The van der Waals surface area contributed by atoms with Crippen molar-refractivity contribution in [3.63, 3.8) is 0 Å². The third-order valence-corrected chi connectivity index (χ3v) is 8.86. The molecule has 1 aliphatic rings. The fourth-order valence-corrected chi connectivity index (χ4v) is 6.61. The SMILES string of the molecule is O=C(Oc1ccccc1)OC1[C@@H](O)[C@@H](COP(=O)(O)OP(=O)(O)Cc2ccc([N+](=O)[O-])cc2)O[C@H]1n1ccc(=O)[nH]c1=O. The number of hydrogen-bond acceptors (Lipinski definition) is 13.